The molecule has 0 unspecified atom stereocenters. The van der Waals surface area contributed by atoms with Crippen molar-refractivity contribution in [3.8, 4) is 11.5 Å². The van der Waals surface area contributed by atoms with Crippen LogP contribution in [0.2, 0.25) is 10.0 Å². The number of ether oxygens (including phenoxy) is 2. The predicted octanol–water partition coefficient (Wildman–Crippen LogP) is 5.53. The van der Waals surface area contributed by atoms with Gasteiger partial charge in [0.1, 0.15) is 27.4 Å². The Balaban J connectivity index is 2.56. The highest BCUT2D eigenvalue weighted by Crippen LogP contribution is 2.45. The number of aromatic nitrogens is 1. The molecule has 0 bridgehead atoms. The van der Waals surface area contributed by atoms with Gasteiger partial charge in [0, 0.05) is 11.8 Å². The topological polar surface area (TPSA) is 43.4 Å². The Labute approximate surface area is 147 Å². The fourth-order valence-electron chi connectivity index (χ4n) is 1.87. The number of nitrogens with zero attached hydrogens (tertiary/aromatic N) is 1. The Morgan fingerprint density at radius 3 is 2.09 bits per heavy atom. The minimum atomic E-state index is 0.361. The molecule has 1 heterocycles. The van der Waals surface area contributed by atoms with E-state index in [1.165, 1.54) is 14.2 Å². The highest BCUT2D eigenvalue weighted by molar-refractivity contribution is 9.10. The normalized spacial score (nSPS) is 10.5. The van der Waals surface area contributed by atoms with Crippen molar-refractivity contribution >= 4 is 50.6 Å². The summed E-state index contributed by atoms with van der Waals surface area (Å²) in [5.41, 5.74) is 2.47. The number of anilines is 2. The Morgan fingerprint density at radius 1 is 1.05 bits per heavy atom. The summed E-state index contributed by atoms with van der Waals surface area (Å²) in [4.78, 5) is 4.50. The molecule has 0 atom stereocenters. The molecule has 0 amide bonds. The van der Waals surface area contributed by atoms with E-state index in [-0.39, 0.29) is 0 Å². The molecule has 22 heavy (non-hydrogen) atoms. The highest BCUT2D eigenvalue weighted by Gasteiger charge is 2.18. The van der Waals surface area contributed by atoms with E-state index in [1.54, 1.807) is 6.07 Å². The monoisotopic (exact) mass is 404 g/mol. The van der Waals surface area contributed by atoms with E-state index < -0.39 is 0 Å². The summed E-state index contributed by atoms with van der Waals surface area (Å²) in [7, 11) is 3.06. The SMILES string of the molecule is COc1cc(OC)c(Cl)c(Nc2nc(C)c(C)cc2Br)c1Cl. The maximum absolute atomic E-state index is 6.35. The summed E-state index contributed by atoms with van der Waals surface area (Å²) >= 11 is 16.2. The van der Waals surface area contributed by atoms with Gasteiger partial charge in [0.15, 0.2) is 0 Å². The van der Waals surface area contributed by atoms with Crippen LogP contribution in [0.4, 0.5) is 11.5 Å². The second-order valence-corrected chi connectivity index (χ2v) is 6.24. The Morgan fingerprint density at radius 2 is 1.59 bits per heavy atom. The first-order valence-corrected chi connectivity index (χ1v) is 7.94. The molecule has 1 aromatic carbocycles. The van der Waals surface area contributed by atoms with Gasteiger partial charge in [-0.2, -0.15) is 0 Å². The Hall–Kier alpha value is -1.17. The summed E-state index contributed by atoms with van der Waals surface area (Å²) in [6, 6.07) is 3.61. The van der Waals surface area contributed by atoms with E-state index in [1.807, 2.05) is 19.9 Å². The number of hydrogen-bond acceptors (Lipinski definition) is 4. The molecule has 1 N–H and O–H groups in total. The third kappa shape index (κ3) is 3.26. The molecule has 4 nitrogen and oxygen atoms in total. The van der Waals surface area contributed by atoms with Crippen LogP contribution in [0.15, 0.2) is 16.6 Å². The minimum Gasteiger partial charge on any atom is -0.495 e. The van der Waals surface area contributed by atoms with Gasteiger partial charge in [-0.05, 0) is 41.4 Å². The number of benzene rings is 1. The minimum absolute atomic E-state index is 0.361. The summed E-state index contributed by atoms with van der Waals surface area (Å²) < 4.78 is 11.3. The molecule has 0 saturated carbocycles. The zero-order valence-corrected chi connectivity index (χ0v) is 15.7. The van der Waals surface area contributed by atoms with Crippen molar-refractivity contribution in [3.63, 3.8) is 0 Å². The van der Waals surface area contributed by atoms with Gasteiger partial charge in [-0.1, -0.05) is 23.2 Å². The average Bonchev–Trinajstić information content (AvgIpc) is 2.49. The standard InChI is InChI=1S/C15H15BrCl2N2O2/c1-7-5-9(16)15(19-8(7)2)20-14-12(17)10(21-3)6-11(22-4)13(14)18/h5-6H,1-4H3,(H,19,20). The molecule has 118 valence electrons. The van der Waals surface area contributed by atoms with E-state index in [0.29, 0.717) is 33.0 Å². The number of halogens is 3. The number of rotatable bonds is 4. The van der Waals surface area contributed by atoms with Gasteiger partial charge < -0.3 is 14.8 Å². The summed E-state index contributed by atoms with van der Waals surface area (Å²) in [5, 5.41) is 3.87. The maximum atomic E-state index is 6.35. The lowest BCUT2D eigenvalue weighted by molar-refractivity contribution is 0.395. The van der Waals surface area contributed by atoms with Gasteiger partial charge in [0.05, 0.1) is 24.4 Å². The smallest absolute Gasteiger partial charge is 0.145 e. The van der Waals surface area contributed by atoms with Crippen molar-refractivity contribution in [3.05, 3.63) is 37.9 Å². The number of nitrogens with one attached hydrogen (secondary N) is 1. The fraction of sp³-hybridized carbons (Fsp3) is 0.267. The number of pyridine rings is 1. The van der Waals surface area contributed by atoms with E-state index in [9.17, 15) is 0 Å². The van der Waals surface area contributed by atoms with Crippen molar-refractivity contribution in [1.29, 1.82) is 0 Å². The van der Waals surface area contributed by atoms with Crippen LogP contribution in [-0.4, -0.2) is 19.2 Å². The fourth-order valence-corrected chi connectivity index (χ4v) is 3.00. The molecule has 7 heteroatoms. The van der Waals surface area contributed by atoms with Crippen molar-refractivity contribution < 1.29 is 9.47 Å². The second-order valence-electron chi connectivity index (χ2n) is 4.63. The molecule has 2 rings (SSSR count). The third-order valence-electron chi connectivity index (χ3n) is 3.24. The van der Waals surface area contributed by atoms with Gasteiger partial charge in [-0.3, -0.25) is 0 Å². The predicted molar refractivity (Wildman–Crippen MR) is 94.3 cm³/mol. The lowest BCUT2D eigenvalue weighted by Crippen LogP contribution is -2.01. The molecule has 0 aliphatic carbocycles. The molecule has 1 aromatic heterocycles. The quantitative estimate of drug-likeness (QED) is 0.726. The lowest BCUT2D eigenvalue weighted by Gasteiger charge is -2.17. The molecule has 0 aliphatic rings. The number of hydrogen-bond donors (Lipinski definition) is 1. The van der Waals surface area contributed by atoms with Crippen molar-refractivity contribution in [2.45, 2.75) is 13.8 Å². The van der Waals surface area contributed by atoms with Crippen LogP contribution in [0.5, 0.6) is 11.5 Å². The molecule has 2 aromatic rings. The highest BCUT2D eigenvalue weighted by atomic mass is 79.9. The van der Waals surface area contributed by atoms with E-state index in [4.69, 9.17) is 32.7 Å². The second kappa shape index (κ2) is 6.94. The third-order valence-corrected chi connectivity index (χ3v) is 4.59. The molecule has 0 spiro atoms. The Kier molecular flexibility index (Phi) is 5.42. The average molecular weight is 406 g/mol. The van der Waals surface area contributed by atoms with E-state index >= 15 is 0 Å². The van der Waals surface area contributed by atoms with Crippen LogP contribution in [-0.2, 0) is 0 Å². The van der Waals surface area contributed by atoms with Gasteiger partial charge in [-0.15, -0.1) is 0 Å². The van der Waals surface area contributed by atoms with E-state index in [0.717, 1.165) is 15.7 Å². The molecule has 0 aliphatic heterocycles. The zero-order chi connectivity index (χ0) is 16.4. The lowest BCUT2D eigenvalue weighted by atomic mass is 10.2. The zero-order valence-electron chi connectivity index (χ0n) is 12.6. The molecule has 0 saturated heterocycles. The first-order valence-electron chi connectivity index (χ1n) is 6.39. The molecular weight excluding hydrogens is 391 g/mol. The molecular formula is C15H15BrCl2N2O2. The molecule has 0 radical (unpaired) electrons. The number of aryl methyl sites for hydroxylation is 2. The van der Waals surface area contributed by atoms with Gasteiger partial charge in [0.2, 0.25) is 0 Å². The van der Waals surface area contributed by atoms with Crippen molar-refractivity contribution in [1.82, 2.24) is 4.98 Å². The van der Waals surface area contributed by atoms with Gasteiger partial charge >= 0.3 is 0 Å². The number of methoxy groups -OCH3 is 2. The summed E-state index contributed by atoms with van der Waals surface area (Å²) in [6.07, 6.45) is 0. The largest absolute Gasteiger partial charge is 0.495 e. The van der Waals surface area contributed by atoms with Crippen LogP contribution in [0, 0.1) is 13.8 Å². The van der Waals surface area contributed by atoms with Crippen molar-refractivity contribution in [2.75, 3.05) is 19.5 Å². The van der Waals surface area contributed by atoms with Crippen LogP contribution in [0.1, 0.15) is 11.3 Å². The van der Waals surface area contributed by atoms with Crippen LogP contribution >= 0.6 is 39.1 Å². The molecule has 0 fully saturated rings. The maximum Gasteiger partial charge on any atom is 0.145 e. The van der Waals surface area contributed by atoms with Crippen LogP contribution in [0.3, 0.4) is 0 Å². The van der Waals surface area contributed by atoms with Crippen molar-refractivity contribution in [2.24, 2.45) is 0 Å². The van der Waals surface area contributed by atoms with Gasteiger partial charge in [0.25, 0.3) is 0 Å². The van der Waals surface area contributed by atoms with E-state index in [2.05, 4.69) is 26.2 Å². The van der Waals surface area contributed by atoms with Crippen LogP contribution < -0.4 is 14.8 Å². The summed E-state index contributed by atoms with van der Waals surface area (Å²) in [5.74, 6) is 1.54. The Bertz CT molecular complexity index is 695. The first-order chi connectivity index (χ1) is 10.4. The van der Waals surface area contributed by atoms with Gasteiger partial charge in [-0.25, -0.2) is 4.98 Å². The van der Waals surface area contributed by atoms with Crippen LogP contribution in [0.25, 0.3) is 0 Å². The first kappa shape index (κ1) is 17.2. The summed E-state index contributed by atoms with van der Waals surface area (Å²) in [6.45, 7) is 3.92.